The molecule has 6 rings (SSSR count). The lowest BCUT2D eigenvalue weighted by Crippen LogP contribution is -2.56. The molecule has 1 aliphatic carbocycles. The lowest BCUT2D eigenvalue weighted by molar-refractivity contribution is 0.0639. The van der Waals surface area contributed by atoms with Gasteiger partial charge in [0.2, 0.25) is 5.43 Å². The molecule has 0 unspecified atom stereocenters. The third-order valence-corrected chi connectivity index (χ3v) is 7.37. The van der Waals surface area contributed by atoms with E-state index in [0.29, 0.717) is 0 Å². The van der Waals surface area contributed by atoms with E-state index in [1.807, 2.05) is 42.5 Å². The van der Waals surface area contributed by atoms with Crippen molar-refractivity contribution in [3.8, 4) is 5.75 Å². The van der Waals surface area contributed by atoms with E-state index in [1.54, 1.807) is 15.8 Å². The molecule has 0 saturated heterocycles. The lowest BCUT2D eigenvalue weighted by Gasteiger charge is -2.44. The van der Waals surface area contributed by atoms with E-state index in [-0.39, 0.29) is 55.2 Å². The van der Waals surface area contributed by atoms with Crippen LogP contribution < -0.4 is 15.2 Å². The predicted molar refractivity (Wildman–Crippen MR) is 145 cm³/mol. The Labute approximate surface area is 221 Å². The Balaban J connectivity index is 1.52. The Morgan fingerprint density at radius 1 is 0.816 bits per heavy atom. The van der Waals surface area contributed by atoms with E-state index in [0.717, 1.165) is 29.5 Å². The first-order valence-electron chi connectivity index (χ1n) is 12.9. The monoisotopic (exact) mass is 507 g/mol. The van der Waals surface area contributed by atoms with E-state index in [9.17, 15) is 14.7 Å². The van der Waals surface area contributed by atoms with Gasteiger partial charge in [-0.3, -0.25) is 19.3 Å². The number of ether oxygens (including phenoxy) is 1. The van der Waals surface area contributed by atoms with Crippen LogP contribution in [0.1, 0.15) is 44.3 Å². The van der Waals surface area contributed by atoms with Crippen molar-refractivity contribution < 1.29 is 14.6 Å². The Kier molecular flexibility index (Phi) is 6.43. The minimum atomic E-state index is -0.354. The van der Waals surface area contributed by atoms with Gasteiger partial charge in [-0.2, -0.15) is 0 Å². The summed E-state index contributed by atoms with van der Waals surface area (Å²) in [6.45, 7) is 0.372. The maximum atomic E-state index is 13.7. The zero-order valence-electron chi connectivity index (χ0n) is 21.0. The zero-order valence-corrected chi connectivity index (χ0v) is 21.0. The number of fused-ring (bicyclic) bond motifs is 3. The third kappa shape index (κ3) is 4.25. The summed E-state index contributed by atoms with van der Waals surface area (Å²) in [6.07, 6.45) is 3.50. The fourth-order valence-corrected chi connectivity index (χ4v) is 5.56. The van der Waals surface area contributed by atoms with Crippen LogP contribution in [0.3, 0.4) is 0 Å². The first kappa shape index (κ1) is 24.0. The summed E-state index contributed by atoms with van der Waals surface area (Å²) in [6, 6.07) is 27.6. The molecule has 1 N–H and O–H groups in total. The van der Waals surface area contributed by atoms with Gasteiger partial charge in [-0.15, -0.1) is 0 Å². The second-order valence-electron chi connectivity index (χ2n) is 9.65. The minimum absolute atomic E-state index is 0.0178. The number of aryl methyl sites for hydroxylation is 2. The molecule has 1 aliphatic heterocycles. The number of aliphatic hydroxyl groups is 1. The molecule has 0 bridgehead atoms. The van der Waals surface area contributed by atoms with Gasteiger partial charge in [-0.05, 0) is 40.7 Å². The smallest absolute Gasteiger partial charge is 0.277 e. The van der Waals surface area contributed by atoms with Crippen LogP contribution in [0.2, 0.25) is 0 Å². The third-order valence-electron chi connectivity index (χ3n) is 7.37. The van der Waals surface area contributed by atoms with E-state index >= 15 is 0 Å². The van der Waals surface area contributed by atoms with Crippen LogP contribution in [-0.4, -0.2) is 40.4 Å². The number of pyridine rings is 1. The fourth-order valence-electron chi connectivity index (χ4n) is 5.56. The summed E-state index contributed by atoms with van der Waals surface area (Å²) < 4.78 is 7.83. The van der Waals surface area contributed by atoms with Gasteiger partial charge < -0.3 is 14.7 Å². The number of carbonyl (C=O) groups is 1. The molecule has 3 aromatic carbocycles. The normalized spacial score (nSPS) is 14.9. The highest BCUT2D eigenvalue weighted by molar-refractivity contribution is 5.96. The topological polar surface area (TPSA) is 75.0 Å². The van der Waals surface area contributed by atoms with Gasteiger partial charge in [-0.25, -0.2) is 0 Å². The summed E-state index contributed by atoms with van der Waals surface area (Å²) >= 11 is 0. The van der Waals surface area contributed by atoms with Gasteiger partial charge >= 0.3 is 0 Å². The van der Waals surface area contributed by atoms with Gasteiger partial charge in [0.15, 0.2) is 11.4 Å². The van der Waals surface area contributed by atoms with Crippen LogP contribution in [-0.2, 0) is 19.4 Å². The number of carbonyl (C=O) groups excluding carboxylic acids is 1. The van der Waals surface area contributed by atoms with Crippen molar-refractivity contribution in [2.45, 2.75) is 25.5 Å². The number of aromatic nitrogens is 1. The van der Waals surface area contributed by atoms with Crippen molar-refractivity contribution in [2.24, 2.45) is 0 Å². The lowest BCUT2D eigenvalue weighted by atomic mass is 9.94. The van der Waals surface area contributed by atoms with E-state index < -0.39 is 0 Å². The Hall–Kier alpha value is -4.36. The van der Waals surface area contributed by atoms with E-state index in [1.165, 1.54) is 17.2 Å². The highest BCUT2D eigenvalue weighted by Gasteiger charge is 2.38. The molecule has 2 heterocycles. The fraction of sp³-hybridized carbons (Fsp3) is 0.226. The summed E-state index contributed by atoms with van der Waals surface area (Å²) in [4.78, 5) is 28.4. The van der Waals surface area contributed by atoms with Crippen molar-refractivity contribution in [3.63, 3.8) is 0 Å². The molecule has 0 atom stereocenters. The number of amides is 1. The molecule has 1 aromatic heterocycles. The number of hydrogen-bond acceptors (Lipinski definition) is 5. The molecule has 4 aromatic rings. The van der Waals surface area contributed by atoms with Crippen LogP contribution in [0, 0.1) is 0 Å². The van der Waals surface area contributed by atoms with Crippen LogP contribution in [0.4, 0.5) is 0 Å². The molecule has 1 amide bonds. The van der Waals surface area contributed by atoms with Gasteiger partial charge in [0.25, 0.3) is 5.91 Å². The Bertz CT molecular complexity index is 1480. The number of benzene rings is 3. The van der Waals surface area contributed by atoms with Crippen molar-refractivity contribution >= 4 is 5.91 Å². The summed E-state index contributed by atoms with van der Waals surface area (Å²) in [5.41, 5.74) is 5.54. The molecule has 7 heteroatoms. The average molecular weight is 508 g/mol. The molecular weight excluding hydrogens is 478 g/mol. The van der Waals surface area contributed by atoms with Crippen molar-refractivity contribution in [3.05, 3.63) is 135 Å². The molecule has 0 saturated carbocycles. The van der Waals surface area contributed by atoms with E-state index in [2.05, 4.69) is 41.4 Å². The maximum Gasteiger partial charge on any atom is 0.277 e. The number of nitrogens with zero attached hydrogens (tertiary/aromatic N) is 3. The second kappa shape index (κ2) is 10.2. The minimum Gasteiger partial charge on any atom is -0.482 e. The van der Waals surface area contributed by atoms with E-state index in [4.69, 9.17) is 4.74 Å². The second-order valence-corrected chi connectivity index (χ2v) is 9.65. The van der Waals surface area contributed by atoms with Crippen molar-refractivity contribution in [1.82, 2.24) is 9.58 Å². The van der Waals surface area contributed by atoms with Gasteiger partial charge in [0.05, 0.1) is 12.6 Å². The molecule has 0 radical (unpaired) electrons. The predicted octanol–water partition coefficient (Wildman–Crippen LogP) is 3.66. The molecule has 7 nitrogen and oxygen atoms in total. The molecule has 192 valence electrons. The quantitative estimate of drug-likeness (QED) is 0.431. The van der Waals surface area contributed by atoms with Crippen molar-refractivity contribution in [2.75, 3.05) is 24.8 Å². The van der Waals surface area contributed by atoms with Crippen molar-refractivity contribution in [1.29, 1.82) is 0 Å². The number of rotatable bonds is 6. The van der Waals surface area contributed by atoms with Crippen LogP contribution in [0.5, 0.6) is 5.75 Å². The van der Waals surface area contributed by atoms with Gasteiger partial charge in [0.1, 0.15) is 13.3 Å². The average Bonchev–Trinajstić information content (AvgIpc) is 3.12. The Morgan fingerprint density at radius 2 is 1.45 bits per heavy atom. The maximum absolute atomic E-state index is 13.7. The summed E-state index contributed by atoms with van der Waals surface area (Å²) in [5.74, 6) is -0.324. The summed E-state index contributed by atoms with van der Waals surface area (Å²) in [5, 5.41) is 11.9. The number of β-amino-alcohol motifs (C(OH)–C–C–N with tert-alkyl or cyclic N) is 1. The highest BCUT2D eigenvalue weighted by Crippen LogP contribution is 2.38. The molecule has 2 aliphatic rings. The number of hydrogen-bond donors (Lipinski definition) is 1. The molecule has 38 heavy (non-hydrogen) atoms. The number of aliphatic hydroxyl groups excluding tert-OH is 1. The first-order chi connectivity index (χ1) is 18.7. The standard InChI is InChI=1S/C31H29N3O4/c35-19-18-32-21-34(28-25-12-6-4-10-23(25)14-15-24-11-5-7-13-26(24)28)33-17-16-27(36)30(29(33)31(32)37)38-20-22-8-2-1-3-9-22/h1-13,16-17,28,35H,14-15,18-21H2. The van der Waals surface area contributed by atoms with Crippen LogP contribution in [0.15, 0.2) is 95.9 Å². The van der Waals surface area contributed by atoms with Crippen LogP contribution in [0.25, 0.3) is 0 Å². The molecule has 0 fully saturated rings. The first-order valence-corrected chi connectivity index (χ1v) is 12.9. The molecule has 0 spiro atoms. The highest BCUT2D eigenvalue weighted by atomic mass is 16.5. The summed E-state index contributed by atoms with van der Waals surface area (Å²) in [7, 11) is 0. The largest absolute Gasteiger partial charge is 0.482 e. The Morgan fingerprint density at radius 3 is 2.11 bits per heavy atom. The van der Waals surface area contributed by atoms with Crippen LogP contribution >= 0.6 is 0 Å². The molecular formula is C31H29N3O4. The SMILES string of the molecule is O=C1c2c(OCc3ccccc3)c(=O)ccn2N(C2c3ccccc3CCc3ccccc32)CN1CCO. The van der Waals surface area contributed by atoms with Gasteiger partial charge in [0, 0.05) is 18.8 Å². The zero-order chi connectivity index (χ0) is 26.1. The van der Waals surface area contributed by atoms with Gasteiger partial charge in [-0.1, -0.05) is 78.9 Å².